The highest BCUT2D eigenvalue weighted by Crippen LogP contribution is 2.44. The van der Waals surface area contributed by atoms with E-state index < -0.39 is 25.6 Å². The Balaban J connectivity index is 1.34. The van der Waals surface area contributed by atoms with E-state index in [-0.39, 0.29) is 36.4 Å². The summed E-state index contributed by atoms with van der Waals surface area (Å²) in [4.78, 5) is 43.2. The van der Waals surface area contributed by atoms with E-state index in [2.05, 4.69) is 25.5 Å². The number of fused-ring (bicyclic) bond motifs is 3. The van der Waals surface area contributed by atoms with Crippen LogP contribution in [-0.4, -0.2) is 56.2 Å². The quantitative estimate of drug-likeness (QED) is 0.284. The molecular formula is C26H28FN8O4P. The number of anilines is 1. The van der Waals surface area contributed by atoms with Crippen LogP contribution in [0, 0.1) is 5.82 Å². The largest absolute Gasteiger partial charge is 0.339 e. The number of hydrogen-bond donors (Lipinski definition) is 3. The van der Waals surface area contributed by atoms with E-state index in [0.29, 0.717) is 22.8 Å². The van der Waals surface area contributed by atoms with Crippen LogP contribution < -0.4 is 5.32 Å². The molecule has 208 valence electrons. The molecule has 12 nitrogen and oxygen atoms in total. The van der Waals surface area contributed by atoms with Crippen molar-refractivity contribution in [1.29, 1.82) is 0 Å². The molecule has 3 N–H and O–H groups in total. The van der Waals surface area contributed by atoms with Crippen LogP contribution in [0.1, 0.15) is 66.0 Å². The molecule has 0 unspecified atom stereocenters. The molecule has 2 aliphatic rings. The van der Waals surface area contributed by atoms with Crippen LogP contribution in [0.4, 0.5) is 10.2 Å². The summed E-state index contributed by atoms with van der Waals surface area (Å²) in [5.41, 5.74) is 3.01. The first-order valence-electron chi connectivity index (χ1n) is 12.9. The molecule has 0 saturated heterocycles. The van der Waals surface area contributed by atoms with E-state index in [4.69, 9.17) is 0 Å². The minimum atomic E-state index is -4.37. The monoisotopic (exact) mass is 566 g/mol. The fourth-order valence-corrected chi connectivity index (χ4v) is 5.78. The number of pyridine rings is 1. The maximum absolute atomic E-state index is 15.4. The smallest absolute Gasteiger partial charge is 0.324 e. The second-order valence-corrected chi connectivity index (χ2v) is 12.1. The predicted octanol–water partition coefficient (Wildman–Crippen LogP) is 3.83. The summed E-state index contributed by atoms with van der Waals surface area (Å²) in [5, 5.41) is 10.8. The van der Waals surface area contributed by atoms with E-state index in [1.165, 1.54) is 12.1 Å². The van der Waals surface area contributed by atoms with Gasteiger partial charge in [-0.25, -0.2) is 14.4 Å². The zero-order valence-corrected chi connectivity index (χ0v) is 22.8. The third kappa shape index (κ3) is 5.20. The number of aromatic nitrogens is 6. The van der Waals surface area contributed by atoms with Crippen LogP contribution in [0.5, 0.6) is 0 Å². The summed E-state index contributed by atoms with van der Waals surface area (Å²) < 4.78 is 30.9. The van der Waals surface area contributed by atoms with Crippen LogP contribution in [0.3, 0.4) is 0 Å². The van der Waals surface area contributed by atoms with Gasteiger partial charge in [-0.2, -0.15) is 0 Å². The lowest BCUT2D eigenvalue weighted by atomic mass is 10.1. The highest BCUT2D eigenvalue weighted by atomic mass is 31.2. The number of hydrogen-bond acceptors (Lipinski definition) is 7. The fourth-order valence-electron chi connectivity index (χ4n) is 5.06. The van der Waals surface area contributed by atoms with Crippen molar-refractivity contribution in [2.24, 2.45) is 0 Å². The highest BCUT2D eigenvalue weighted by Gasteiger charge is 2.34. The Morgan fingerprint density at radius 1 is 1.20 bits per heavy atom. The fraction of sp³-hybridized carbons (Fsp3) is 0.346. The summed E-state index contributed by atoms with van der Waals surface area (Å²) >= 11 is 0. The van der Waals surface area contributed by atoms with Gasteiger partial charge >= 0.3 is 7.60 Å². The molecule has 1 amide bonds. The summed E-state index contributed by atoms with van der Waals surface area (Å²) in [6, 6.07) is 7.89. The number of carbonyl (C=O) groups excluding carboxylic acids is 1. The van der Waals surface area contributed by atoms with Crippen molar-refractivity contribution in [3.63, 3.8) is 0 Å². The Bertz CT molecular complexity index is 1660. The lowest BCUT2D eigenvalue weighted by molar-refractivity contribution is 0.102. The Kier molecular flexibility index (Phi) is 6.62. The van der Waals surface area contributed by atoms with Crippen molar-refractivity contribution < 1.29 is 23.5 Å². The van der Waals surface area contributed by atoms with E-state index in [1.54, 1.807) is 40.3 Å². The second kappa shape index (κ2) is 10.0. The second-order valence-electron chi connectivity index (χ2n) is 10.5. The summed E-state index contributed by atoms with van der Waals surface area (Å²) in [6.07, 6.45) is 4.76. The number of nitrogens with one attached hydrogen (secondary N) is 1. The van der Waals surface area contributed by atoms with Gasteiger partial charge in [0.1, 0.15) is 29.9 Å². The molecule has 1 fully saturated rings. The first kappa shape index (κ1) is 26.5. The number of imidazole rings is 1. The number of rotatable bonds is 7. The molecule has 14 heteroatoms. The van der Waals surface area contributed by atoms with Gasteiger partial charge in [0.25, 0.3) is 5.91 Å². The molecule has 4 heterocycles. The Morgan fingerprint density at radius 2 is 2.00 bits per heavy atom. The lowest BCUT2D eigenvalue weighted by Gasteiger charge is -2.21. The molecule has 6 rings (SSSR count). The van der Waals surface area contributed by atoms with Crippen LogP contribution >= 0.6 is 7.60 Å². The van der Waals surface area contributed by atoms with Crippen molar-refractivity contribution in [3.8, 4) is 17.2 Å². The zero-order valence-electron chi connectivity index (χ0n) is 21.9. The maximum Gasteiger partial charge on any atom is 0.339 e. The number of halogens is 1. The first-order chi connectivity index (χ1) is 19.1. The number of nitrogens with zero attached hydrogens (tertiary/aromatic N) is 7. The van der Waals surface area contributed by atoms with Crippen molar-refractivity contribution in [2.75, 3.05) is 11.6 Å². The predicted molar refractivity (Wildman–Crippen MR) is 143 cm³/mol. The number of benzene rings is 1. The standard InChI is InChI=1S/C26H28FN8O4P/c1-15(2)34-13-29-32-25(34)20-4-3-5-23(30-20)31-26(36)18-9-21-17(8-19(18)27)10-33(14-40(37,38)39)11-22-24(16-6-7-16)28-12-35(21)22/h3-5,8-9,12-13,15-16H,6-7,10-11,14H2,1-2H3,(H,30,31,36)(H2,37,38,39). The van der Waals surface area contributed by atoms with E-state index in [1.807, 2.05) is 18.4 Å². The third-order valence-corrected chi connectivity index (χ3v) is 7.80. The van der Waals surface area contributed by atoms with Crippen LogP contribution in [0.15, 0.2) is 43.0 Å². The number of carbonyl (C=O) groups is 1. The molecule has 0 bridgehead atoms. The van der Waals surface area contributed by atoms with E-state index in [9.17, 15) is 19.1 Å². The average molecular weight is 567 g/mol. The van der Waals surface area contributed by atoms with Gasteiger partial charge in [0.15, 0.2) is 5.82 Å². The molecule has 4 aromatic rings. The van der Waals surface area contributed by atoms with Gasteiger partial charge in [-0.05, 0) is 56.5 Å². The SMILES string of the molecule is CC(C)n1cnnc1-c1cccc(NC(=O)c2cc3c(cc2F)CN(CP(=O)(O)O)Cc2c(C4CC4)ncn2-3)n1. The van der Waals surface area contributed by atoms with Crippen molar-refractivity contribution in [2.45, 2.75) is 51.7 Å². The molecule has 0 radical (unpaired) electrons. The Hall–Kier alpha value is -3.77. The lowest BCUT2D eigenvalue weighted by Crippen LogP contribution is -2.24. The minimum absolute atomic E-state index is 0.102. The third-order valence-electron chi connectivity index (χ3n) is 7.04. The van der Waals surface area contributed by atoms with Crippen LogP contribution in [-0.2, 0) is 17.7 Å². The molecule has 40 heavy (non-hydrogen) atoms. The van der Waals surface area contributed by atoms with E-state index >= 15 is 4.39 Å². The van der Waals surface area contributed by atoms with Gasteiger partial charge in [-0.15, -0.1) is 10.2 Å². The van der Waals surface area contributed by atoms with Crippen molar-refractivity contribution >= 4 is 19.3 Å². The van der Waals surface area contributed by atoms with E-state index in [0.717, 1.165) is 24.2 Å². The molecule has 1 aliphatic heterocycles. The number of amides is 1. The average Bonchev–Trinajstić information content (AvgIpc) is 3.48. The van der Waals surface area contributed by atoms with Gasteiger partial charge in [0.2, 0.25) is 0 Å². The van der Waals surface area contributed by atoms with Crippen molar-refractivity contribution in [3.05, 3.63) is 71.3 Å². The van der Waals surface area contributed by atoms with Crippen molar-refractivity contribution in [1.82, 2.24) is 34.2 Å². The summed E-state index contributed by atoms with van der Waals surface area (Å²) in [7, 11) is -4.37. The van der Waals surface area contributed by atoms with Gasteiger partial charge in [-0.3, -0.25) is 14.3 Å². The van der Waals surface area contributed by atoms with Crippen LogP contribution in [0.25, 0.3) is 17.2 Å². The topological polar surface area (TPSA) is 151 Å². The molecular weight excluding hydrogens is 538 g/mol. The van der Waals surface area contributed by atoms with Gasteiger partial charge < -0.3 is 24.2 Å². The Morgan fingerprint density at radius 3 is 2.73 bits per heavy atom. The zero-order chi connectivity index (χ0) is 28.2. The molecule has 0 spiro atoms. The molecule has 3 aromatic heterocycles. The molecule has 1 aliphatic carbocycles. The van der Waals surface area contributed by atoms with Gasteiger partial charge in [-0.1, -0.05) is 6.07 Å². The minimum Gasteiger partial charge on any atom is -0.324 e. The molecule has 0 atom stereocenters. The van der Waals surface area contributed by atoms with Crippen LogP contribution in [0.2, 0.25) is 0 Å². The normalized spacial score (nSPS) is 15.6. The molecule has 1 aromatic carbocycles. The van der Waals surface area contributed by atoms with Gasteiger partial charge in [0.05, 0.1) is 29.0 Å². The maximum atomic E-state index is 15.4. The highest BCUT2D eigenvalue weighted by molar-refractivity contribution is 7.51. The van der Waals surface area contributed by atoms with Gasteiger partial charge in [0, 0.05) is 25.0 Å². The summed E-state index contributed by atoms with van der Waals surface area (Å²) in [6.45, 7) is 4.33. The summed E-state index contributed by atoms with van der Waals surface area (Å²) in [5.74, 6) is -0.383. The first-order valence-corrected chi connectivity index (χ1v) is 14.7. The molecule has 1 saturated carbocycles. The Labute approximate surface area is 229 Å².